The normalized spacial score (nSPS) is 14.1. The van der Waals surface area contributed by atoms with Crippen LogP contribution >= 0.6 is 11.6 Å². The maximum absolute atomic E-state index is 13.5. The summed E-state index contributed by atoms with van der Waals surface area (Å²) in [7, 11) is 0. The lowest BCUT2D eigenvalue weighted by atomic mass is 10.1. The molecule has 1 saturated carbocycles. The molecule has 6 rings (SSSR count). The molecule has 0 radical (unpaired) electrons. The Kier molecular flexibility index (Phi) is 5.27. The third-order valence-electron chi connectivity index (χ3n) is 6.65. The zero-order valence-electron chi connectivity index (χ0n) is 18.6. The van der Waals surface area contributed by atoms with E-state index in [4.69, 9.17) is 16.6 Å². The van der Waals surface area contributed by atoms with Crippen LogP contribution in [0.4, 0.5) is 0 Å². The standard InChI is InChI=1S/C28H23ClN4O/c29-21-15-16-26(30-18-21)33-27(31-24-9-4-3-8-23(24)28(33)34)20-13-11-19(12-14-20)25-10-5-17-32(25)22-6-1-2-7-22/h3-5,8-18,22H,1-2,6-7H2. The third kappa shape index (κ3) is 3.62. The molecule has 1 fully saturated rings. The molecule has 1 aliphatic carbocycles. The molecule has 6 heteroatoms. The maximum atomic E-state index is 13.5. The molecular weight excluding hydrogens is 444 g/mol. The van der Waals surface area contributed by atoms with E-state index in [1.54, 1.807) is 29.0 Å². The minimum Gasteiger partial charge on any atom is -0.344 e. The van der Waals surface area contributed by atoms with Gasteiger partial charge >= 0.3 is 0 Å². The molecule has 0 atom stereocenters. The highest BCUT2D eigenvalue weighted by molar-refractivity contribution is 6.30. The average molecular weight is 467 g/mol. The van der Waals surface area contributed by atoms with E-state index in [0.717, 1.165) is 11.1 Å². The molecule has 0 bridgehead atoms. The number of hydrogen-bond acceptors (Lipinski definition) is 3. The molecule has 34 heavy (non-hydrogen) atoms. The summed E-state index contributed by atoms with van der Waals surface area (Å²) in [5.74, 6) is 1.04. The van der Waals surface area contributed by atoms with E-state index < -0.39 is 0 Å². The van der Waals surface area contributed by atoms with Crippen molar-refractivity contribution in [3.05, 3.63) is 101 Å². The molecular formula is C28H23ClN4O. The summed E-state index contributed by atoms with van der Waals surface area (Å²) in [6.45, 7) is 0. The molecule has 168 valence electrons. The minimum atomic E-state index is -0.158. The summed E-state index contributed by atoms with van der Waals surface area (Å²) < 4.78 is 3.97. The monoisotopic (exact) mass is 466 g/mol. The topological polar surface area (TPSA) is 52.7 Å². The van der Waals surface area contributed by atoms with Crippen LogP contribution in [-0.4, -0.2) is 19.1 Å². The van der Waals surface area contributed by atoms with Crippen LogP contribution in [-0.2, 0) is 0 Å². The van der Waals surface area contributed by atoms with Gasteiger partial charge in [-0.25, -0.2) is 14.5 Å². The Morgan fingerprint density at radius 2 is 1.62 bits per heavy atom. The van der Waals surface area contributed by atoms with E-state index in [1.807, 2.05) is 30.3 Å². The Morgan fingerprint density at radius 3 is 2.38 bits per heavy atom. The molecule has 0 aliphatic heterocycles. The molecule has 0 amide bonds. The first-order valence-corrected chi connectivity index (χ1v) is 12.0. The Morgan fingerprint density at radius 1 is 0.853 bits per heavy atom. The van der Waals surface area contributed by atoms with Crippen LogP contribution in [0, 0.1) is 0 Å². The number of rotatable bonds is 4. The predicted octanol–water partition coefficient (Wildman–Crippen LogP) is 6.68. The van der Waals surface area contributed by atoms with Crippen LogP contribution in [0.3, 0.4) is 0 Å². The first-order chi connectivity index (χ1) is 16.7. The summed E-state index contributed by atoms with van der Waals surface area (Å²) >= 11 is 6.05. The quantitative estimate of drug-likeness (QED) is 0.296. The molecule has 0 saturated heterocycles. The van der Waals surface area contributed by atoms with Crippen molar-refractivity contribution in [1.29, 1.82) is 0 Å². The molecule has 3 aromatic heterocycles. The van der Waals surface area contributed by atoms with Crippen LogP contribution in [0.2, 0.25) is 5.02 Å². The van der Waals surface area contributed by atoms with Gasteiger partial charge in [0.05, 0.1) is 15.9 Å². The van der Waals surface area contributed by atoms with Gasteiger partial charge in [-0.05, 0) is 54.8 Å². The lowest BCUT2D eigenvalue weighted by molar-refractivity contribution is 0.526. The zero-order chi connectivity index (χ0) is 23.1. The fraction of sp³-hybridized carbons (Fsp3) is 0.179. The van der Waals surface area contributed by atoms with Crippen LogP contribution in [0.15, 0.2) is 90.0 Å². The summed E-state index contributed by atoms with van der Waals surface area (Å²) in [5.41, 5.74) is 3.73. The van der Waals surface area contributed by atoms with Crippen molar-refractivity contribution in [3.8, 4) is 28.5 Å². The van der Waals surface area contributed by atoms with Gasteiger partial charge in [0.1, 0.15) is 11.6 Å². The minimum absolute atomic E-state index is 0.158. The van der Waals surface area contributed by atoms with Gasteiger partial charge in [-0.2, -0.15) is 0 Å². The smallest absolute Gasteiger partial charge is 0.267 e. The Balaban J connectivity index is 1.48. The molecule has 5 aromatic rings. The molecule has 2 aromatic carbocycles. The maximum Gasteiger partial charge on any atom is 0.267 e. The van der Waals surface area contributed by atoms with Crippen LogP contribution < -0.4 is 5.56 Å². The summed E-state index contributed by atoms with van der Waals surface area (Å²) in [6.07, 6.45) is 8.80. The lowest BCUT2D eigenvalue weighted by Gasteiger charge is -2.17. The van der Waals surface area contributed by atoms with Crippen molar-refractivity contribution in [2.24, 2.45) is 0 Å². The fourth-order valence-corrected chi connectivity index (χ4v) is 5.08. The van der Waals surface area contributed by atoms with Crippen LogP contribution in [0.25, 0.3) is 39.4 Å². The van der Waals surface area contributed by atoms with E-state index in [1.165, 1.54) is 31.4 Å². The van der Waals surface area contributed by atoms with Gasteiger partial charge < -0.3 is 4.57 Å². The number of aromatic nitrogens is 4. The highest BCUT2D eigenvalue weighted by Crippen LogP contribution is 2.34. The second-order valence-electron chi connectivity index (χ2n) is 8.74. The summed E-state index contributed by atoms with van der Waals surface area (Å²) in [5, 5.41) is 1.07. The van der Waals surface area contributed by atoms with Gasteiger partial charge in [-0.3, -0.25) is 4.79 Å². The van der Waals surface area contributed by atoms with Crippen molar-refractivity contribution < 1.29 is 0 Å². The van der Waals surface area contributed by atoms with Gasteiger partial charge in [0, 0.05) is 29.7 Å². The third-order valence-corrected chi connectivity index (χ3v) is 6.88. The zero-order valence-corrected chi connectivity index (χ0v) is 19.3. The number of fused-ring (bicyclic) bond motifs is 1. The number of nitrogens with zero attached hydrogens (tertiary/aromatic N) is 4. The molecule has 0 N–H and O–H groups in total. The van der Waals surface area contributed by atoms with Gasteiger partial charge in [0.15, 0.2) is 0 Å². The van der Waals surface area contributed by atoms with E-state index in [0.29, 0.717) is 33.6 Å². The van der Waals surface area contributed by atoms with E-state index in [-0.39, 0.29) is 5.56 Å². The number of pyridine rings is 1. The molecule has 0 unspecified atom stereocenters. The van der Waals surface area contributed by atoms with Crippen molar-refractivity contribution in [2.45, 2.75) is 31.7 Å². The first kappa shape index (κ1) is 20.9. The fourth-order valence-electron chi connectivity index (χ4n) is 4.97. The molecule has 5 nitrogen and oxygen atoms in total. The van der Waals surface area contributed by atoms with Crippen molar-refractivity contribution in [1.82, 2.24) is 19.1 Å². The first-order valence-electron chi connectivity index (χ1n) is 11.6. The van der Waals surface area contributed by atoms with E-state index in [2.05, 4.69) is 40.0 Å². The Bertz CT molecular complexity index is 1530. The number of benzene rings is 2. The molecule has 1 aliphatic rings. The highest BCUT2D eigenvalue weighted by Gasteiger charge is 2.20. The number of hydrogen-bond donors (Lipinski definition) is 0. The van der Waals surface area contributed by atoms with Crippen molar-refractivity contribution >= 4 is 22.5 Å². The summed E-state index contributed by atoms with van der Waals surface area (Å²) in [6, 6.07) is 24.0. The van der Waals surface area contributed by atoms with Gasteiger partial charge in [0.2, 0.25) is 0 Å². The van der Waals surface area contributed by atoms with Gasteiger partial charge in [-0.1, -0.05) is 60.8 Å². The van der Waals surface area contributed by atoms with E-state index in [9.17, 15) is 4.79 Å². The Labute approximate surface area is 202 Å². The van der Waals surface area contributed by atoms with Gasteiger partial charge in [-0.15, -0.1) is 0 Å². The molecule has 0 spiro atoms. The summed E-state index contributed by atoms with van der Waals surface area (Å²) in [4.78, 5) is 22.8. The number of halogens is 1. The van der Waals surface area contributed by atoms with Crippen LogP contribution in [0.1, 0.15) is 31.7 Å². The van der Waals surface area contributed by atoms with Crippen molar-refractivity contribution in [2.75, 3.05) is 0 Å². The van der Waals surface area contributed by atoms with Gasteiger partial charge in [0.25, 0.3) is 5.56 Å². The predicted molar refractivity (Wildman–Crippen MR) is 137 cm³/mol. The van der Waals surface area contributed by atoms with Crippen molar-refractivity contribution in [3.63, 3.8) is 0 Å². The highest BCUT2D eigenvalue weighted by atomic mass is 35.5. The Hall–Kier alpha value is -3.70. The van der Waals surface area contributed by atoms with E-state index >= 15 is 0 Å². The average Bonchev–Trinajstić information content (AvgIpc) is 3.57. The van der Waals surface area contributed by atoms with Crippen LogP contribution in [0.5, 0.6) is 0 Å². The lowest BCUT2D eigenvalue weighted by Crippen LogP contribution is -2.22. The SMILES string of the molecule is O=c1c2ccccc2nc(-c2ccc(-c3cccn3C3CCCC3)cc2)n1-c1ccc(Cl)cn1. The second kappa shape index (κ2) is 8.58. The largest absolute Gasteiger partial charge is 0.344 e. The second-order valence-corrected chi connectivity index (χ2v) is 9.18. The number of para-hydroxylation sites is 1. The molecule has 3 heterocycles.